The summed E-state index contributed by atoms with van der Waals surface area (Å²) in [5, 5.41) is 11.4. The number of aliphatic carboxylic acids is 1. The fraction of sp³-hybridized carbons (Fsp3) is 0.500. The van der Waals surface area contributed by atoms with Crippen molar-refractivity contribution in [2.75, 3.05) is 0 Å². The van der Waals surface area contributed by atoms with E-state index >= 15 is 0 Å². The lowest BCUT2D eigenvalue weighted by Gasteiger charge is -2.22. The molecule has 0 saturated carbocycles. The van der Waals surface area contributed by atoms with E-state index in [0.717, 1.165) is 0 Å². The van der Waals surface area contributed by atoms with Crippen molar-refractivity contribution in [2.24, 2.45) is 5.92 Å². The molecule has 1 rings (SSSR count). The summed E-state index contributed by atoms with van der Waals surface area (Å²) in [6.45, 7) is 3.72. The highest BCUT2D eigenvalue weighted by atomic mass is 35.5. The van der Waals surface area contributed by atoms with Gasteiger partial charge in [0, 0.05) is 5.02 Å². The number of carbonyl (C=O) groups is 2. The van der Waals surface area contributed by atoms with Crippen molar-refractivity contribution >= 4 is 23.5 Å². The molecule has 1 aromatic rings. The smallest absolute Gasteiger partial charge is 0.391 e. The Morgan fingerprint density at radius 3 is 2.17 bits per heavy atom. The Bertz CT molecular complexity index is 573. The lowest BCUT2D eigenvalue weighted by atomic mass is 9.89. The number of nitrogens with one attached hydrogen (secondary N) is 1. The fourth-order valence-corrected chi connectivity index (χ4v) is 2.39. The van der Waals surface area contributed by atoms with Crippen LogP contribution in [0.15, 0.2) is 24.3 Å². The van der Waals surface area contributed by atoms with Gasteiger partial charge in [-0.1, -0.05) is 37.6 Å². The predicted molar refractivity (Wildman–Crippen MR) is 83.9 cm³/mol. The van der Waals surface area contributed by atoms with Crippen molar-refractivity contribution in [3.8, 4) is 0 Å². The summed E-state index contributed by atoms with van der Waals surface area (Å²) >= 11 is 5.80. The predicted octanol–water partition coefficient (Wildman–Crippen LogP) is 3.99. The molecule has 2 unspecified atom stereocenters. The molecule has 0 aliphatic heterocycles. The van der Waals surface area contributed by atoms with Crippen molar-refractivity contribution in [3.05, 3.63) is 34.9 Å². The largest absolute Gasteiger partial charge is 0.480 e. The van der Waals surface area contributed by atoms with Gasteiger partial charge in [-0.15, -0.1) is 0 Å². The number of amides is 1. The maximum atomic E-state index is 12.5. The molecule has 0 spiro atoms. The second kappa shape index (κ2) is 8.37. The Kier molecular flexibility index (Phi) is 7.08. The van der Waals surface area contributed by atoms with Crippen LogP contribution in [0.5, 0.6) is 0 Å². The minimum Gasteiger partial charge on any atom is -0.480 e. The maximum absolute atomic E-state index is 12.5. The van der Waals surface area contributed by atoms with Gasteiger partial charge in [0.2, 0.25) is 5.91 Å². The Hall–Kier alpha value is -1.76. The quantitative estimate of drug-likeness (QED) is 0.767. The molecule has 1 aromatic carbocycles. The van der Waals surface area contributed by atoms with Gasteiger partial charge in [-0.25, -0.2) is 4.79 Å². The van der Waals surface area contributed by atoms with E-state index in [4.69, 9.17) is 16.7 Å². The standard InChI is InChI=1S/C16H19ClF3NO3/c1-9(2)7-12(10-3-5-11(17)6-4-10)14(22)21-13(15(23)24)8-16(18,19)20/h3-6,9,12-13H,7-8H2,1-2H3,(H,21,22)(H,23,24). The fourth-order valence-electron chi connectivity index (χ4n) is 2.26. The van der Waals surface area contributed by atoms with Crippen LogP contribution in [0, 0.1) is 5.92 Å². The summed E-state index contributed by atoms with van der Waals surface area (Å²) in [5.41, 5.74) is 0.571. The molecule has 8 heteroatoms. The number of rotatable bonds is 7. The van der Waals surface area contributed by atoms with Crippen LogP contribution in [0.25, 0.3) is 0 Å². The van der Waals surface area contributed by atoms with Gasteiger partial charge in [-0.2, -0.15) is 13.2 Å². The average Bonchev–Trinajstić information content (AvgIpc) is 2.43. The first-order valence-corrected chi connectivity index (χ1v) is 7.72. The molecule has 0 fully saturated rings. The van der Waals surface area contributed by atoms with Crippen LogP contribution >= 0.6 is 11.6 Å². The Labute approximate surface area is 143 Å². The van der Waals surface area contributed by atoms with Gasteiger partial charge in [0.25, 0.3) is 0 Å². The van der Waals surface area contributed by atoms with Crippen molar-refractivity contribution in [1.82, 2.24) is 5.32 Å². The summed E-state index contributed by atoms with van der Waals surface area (Å²) in [4.78, 5) is 23.4. The highest BCUT2D eigenvalue weighted by Gasteiger charge is 2.37. The van der Waals surface area contributed by atoms with E-state index < -0.39 is 36.4 Å². The molecular weight excluding hydrogens is 347 g/mol. The monoisotopic (exact) mass is 365 g/mol. The van der Waals surface area contributed by atoms with Crippen LogP contribution in [0.3, 0.4) is 0 Å². The number of carboxylic acids is 1. The topological polar surface area (TPSA) is 66.4 Å². The zero-order valence-electron chi connectivity index (χ0n) is 13.2. The molecule has 4 nitrogen and oxygen atoms in total. The van der Waals surface area contributed by atoms with Gasteiger partial charge in [0.1, 0.15) is 6.04 Å². The van der Waals surface area contributed by atoms with Gasteiger partial charge in [0.15, 0.2) is 0 Å². The van der Waals surface area contributed by atoms with Crippen molar-refractivity contribution in [2.45, 2.75) is 44.8 Å². The second-order valence-corrected chi connectivity index (χ2v) is 6.39. The van der Waals surface area contributed by atoms with E-state index in [9.17, 15) is 22.8 Å². The summed E-state index contributed by atoms with van der Waals surface area (Å²) in [7, 11) is 0. The number of benzene rings is 1. The SMILES string of the molecule is CC(C)CC(C(=O)NC(CC(F)(F)F)C(=O)O)c1ccc(Cl)cc1. The van der Waals surface area contributed by atoms with Crippen LogP contribution < -0.4 is 5.32 Å². The number of alkyl halides is 3. The van der Waals surface area contributed by atoms with E-state index in [1.165, 1.54) is 0 Å². The third-order valence-corrected chi connectivity index (χ3v) is 3.60. The van der Waals surface area contributed by atoms with Crippen LogP contribution in [0.4, 0.5) is 13.2 Å². The first kappa shape index (κ1) is 20.3. The molecule has 2 N–H and O–H groups in total. The van der Waals surface area contributed by atoms with Gasteiger partial charge in [-0.05, 0) is 30.0 Å². The molecule has 0 aliphatic rings. The average molecular weight is 366 g/mol. The highest BCUT2D eigenvalue weighted by Crippen LogP contribution is 2.27. The summed E-state index contributed by atoms with van der Waals surface area (Å²) < 4.78 is 37.4. The minimum absolute atomic E-state index is 0.0855. The van der Waals surface area contributed by atoms with Gasteiger partial charge >= 0.3 is 12.1 Å². The third kappa shape index (κ3) is 6.78. The number of halogens is 4. The first-order chi connectivity index (χ1) is 11.0. The van der Waals surface area contributed by atoms with E-state index in [2.05, 4.69) is 0 Å². The highest BCUT2D eigenvalue weighted by molar-refractivity contribution is 6.30. The van der Waals surface area contributed by atoms with Crippen molar-refractivity contribution < 1.29 is 27.9 Å². The third-order valence-electron chi connectivity index (χ3n) is 3.35. The second-order valence-electron chi connectivity index (χ2n) is 5.95. The van der Waals surface area contributed by atoms with Crippen molar-refractivity contribution in [1.29, 1.82) is 0 Å². The Morgan fingerprint density at radius 1 is 1.21 bits per heavy atom. The van der Waals surface area contributed by atoms with Crippen LogP contribution in [-0.2, 0) is 9.59 Å². The molecule has 0 radical (unpaired) electrons. The Morgan fingerprint density at radius 2 is 1.75 bits per heavy atom. The lowest BCUT2D eigenvalue weighted by molar-refractivity contribution is -0.160. The Balaban J connectivity index is 2.98. The van der Waals surface area contributed by atoms with Gasteiger partial charge in [-0.3, -0.25) is 4.79 Å². The minimum atomic E-state index is -4.69. The number of hydrogen-bond donors (Lipinski definition) is 2. The van der Waals surface area contributed by atoms with E-state index in [0.29, 0.717) is 17.0 Å². The number of carbonyl (C=O) groups excluding carboxylic acids is 1. The maximum Gasteiger partial charge on any atom is 0.391 e. The molecule has 0 aliphatic carbocycles. The normalized spacial score (nSPS) is 14.3. The molecular formula is C16H19ClF3NO3. The van der Waals surface area contributed by atoms with Gasteiger partial charge in [0.05, 0.1) is 12.3 Å². The van der Waals surface area contributed by atoms with Gasteiger partial charge < -0.3 is 10.4 Å². The molecule has 0 bridgehead atoms. The first-order valence-electron chi connectivity index (χ1n) is 7.35. The zero-order valence-corrected chi connectivity index (χ0v) is 14.0. The van der Waals surface area contributed by atoms with E-state index in [1.54, 1.807) is 24.3 Å². The molecule has 24 heavy (non-hydrogen) atoms. The lowest BCUT2D eigenvalue weighted by Crippen LogP contribution is -2.45. The van der Waals surface area contributed by atoms with Crippen LogP contribution in [-0.4, -0.2) is 29.2 Å². The zero-order chi connectivity index (χ0) is 18.5. The molecule has 0 saturated heterocycles. The summed E-state index contributed by atoms with van der Waals surface area (Å²) in [6.07, 6.45) is -5.95. The molecule has 0 heterocycles. The van der Waals surface area contributed by atoms with E-state index in [1.807, 2.05) is 19.2 Å². The molecule has 1 amide bonds. The van der Waals surface area contributed by atoms with Crippen LogP contribution in [0.2, 0.25) is 5.02 Å². The molecule has 2 atom stereocenters. The van der Waals surface area contributed by atoms with Crippen LogP contribution in [0.1, 0.15) is 38.2 Å². The molecule has 0 aromatic heterocycles. The molecule has 134 valence electrons. The van der Waals surface area contributed by atoms with E-state index in [-0.39, 0.29) is 5.92 Å². The summed E-state index contributed by atoms with van der Waals surface area (Å²) in [5.74, 6) is -3.14. The summed E-state index contributed by atoms with van der Waals surface area (Å²) in [6, 6.07) is 4.34. The number of hydrogen-bond acceptors (Lipinski definition) is 2. The number of carboxylic acid groups (broad SMARTS) is 1. The van der Waals surface area contributed by atoms with Crippen molar-refractivity contribution in [3.63, 3.8) is 0 Å².